The van der Waals surface area contributed by atoms with Gasteiger partial charge < -0.3 is 0 Å². The van der Waals surface area contributed by atoms with E-state index in [0.717, 1.165) is 21.4 Å². The first kappa shape index (κ1) is 44.3. The Hall–Kier alpha value is -3.78. The molecule has 2 aliphatic rings. The number of rotatable bonds is 8. The Morgan fingerprint density at radius 3 is 0.967 bits per heavy atom. The molecule has 4 heteroatoms. The average molecular weight is 919 g/mol. The van der Waals surface area contributed by atoms with Crippen LogP contribution in [0, 0.1) is 39.5 Å². The van der Waals surface area contributed by atoms with E-state index in [9.17, 15) is 0 Å². The number of aryl methyl sites for hydroxylation is 4. The fourth-order valence-corrected chi connectivity index (χ4v) is 8.21. The molecule has 8 aromatic rings. The topological polar surface area (TPSA) is 0 Å². The third-order valence-electron chi connectivity index (χ3n) is 11.8. The molecule has 0 heterocycles. The van der Waals surface area contributed by atoms with Crippen LogP contribution >= 0.6 is 17.0 Å². The first-order chi connectivity index (χ1) is 29.2. The van der Waals surface area contributed by atoms with E-state index >= 15 is 0 Å². The molecule has 2 radical (unpaired) electrons. The Labute approximate surface area is 380 Å². The summed E-state index contributed by atoms with van der Waals surface area (Å²) in [5.41, 5.74) is 18.9. The maximum absolute atomic E-state index is 4.93. The van der Waals surface area contributed by atoms with Crippen LogP contribution in [0.4, 0.5) is 0 Å². The molecule has 10 rings (SSSR count). The van der Waals surface area contributed by atoms with E-state index in [1.54, 1.807) is 0 Å². The summed E-state index contributed by atoms with van der Waals surface area (Å²) in [4.78, 5) is 0. The molecule has 0 unspecified atom stereocenters. The van der Waals surface area contributed by atoms with Crippen molar-refractivity contribution in [2.24, 2.45) is 11.8 Å². The summed E-state index contributed by atoms with van der Waals surface area (Å²) in [6, 6.07) is 54.7. The summed E-state index contributed by atoms with van der Waals surface area (Å²) in [6.45, 7) is 12.9. The zero-order chi connectivity index (χ0) is 42.2. The van der Waals surface area contributed by atoms with E-state index in [4.69, 9.17) is 17.0 Å². The molecule has 0 atom stereocenters. The summed E-state index contributed by atoms with van der Waals surface area (Å²) in [6.07, 6.45) is 8.06. The van der Waals surface area contributed by atoms with Gasteiger partial charge in [0, 0.05) is 9.52 Å². The molecule has 2 saturated carbocycles. The van der Waals surface area contributed by atoms with Crippen molar-refractivity contribution in [3.63, 3.8) is 0 Å². The van der Waals surface area contributed by atoms with Crippen LogP contribution in [0.2, 0.25) is 13.1 Å². The van der Waals surface area contributed by atoms with Gasteiger partial charge in [0.05, 0.1) is 0 Å². The average Bonchev–Trinajstić information content (AvgIpc) is 4.16. The normalized spacial score (nSPS) is 13.1. The van der Waals surface area contributed by atoms with Crippen LogP contribution in [0.25, 0.3) is 66.1 Å². The van der Waals surface area contributed by atoms with E-state index in [1.165, 1.54) is 138 Å². The maximum atomic E-state index is 4.93. The minimum atomic E-state index is -0.826. The molecule has 2 aliphatic carbocycles. The monoisotopic (exact) mass is 916 g/mol. The Kier molecular flexibility index (Phi) is 15.4. The summed E-state index contributed by atoms with van der Waals surface area (Å²) >= 11 is -0.826. The van der Waals surface area contributed by atoms with Gasteiger partial charge in [-0.2, -0.15) is 12.1 Å². The number of halogens is 2. The van der Waals surface area contributed by atoms with Crippen molar-refractivity contribution in [1.82, 2.24) is 0 Å². The van der Waals surface area contributed by atoms with Crippen LogP contribution in [-0.4, -0.2) is 9.52 Å². The van der Waals surface area contributed by atoms with Gasteiger partial charge in [0.2, 0.25) is 0 Å². The van der Waals surface area contributed by atoms with Crippen LogP contribution < -0.4 is 0 Å². The van der Waals surface area contributed by atoms with E-state index in [1.807, 2.05) is 0 Å². The fourth-order valence-electron chi connectivity index (χ4n) is 8.21. The Balaban J connectivity index is 0.000000161. The minimum absolute atomic E-state index is 0.826. The van der Waals surface area contributed by atoms with Gasteiger partial charge in [0.25, 0.3) is 0 Å². The number of fused-ring (bicyclic) bond motifs is 2. The van der Waals surface area contributed by atoms with Gasteiger partial charge in [-0.1, -0.05) is 190 Å². The summed E-state index contributed by atoms with van der Waals surface area (Å²) < 4.78 is 0. The molecular formula is C56H56Cl2SiZr. The third-order valence-corrected chi connectivity index (χ3v) is 11.8. The second-order valence-electron chi connectivity index (χ2n) is 17.0. The molecule has 0 bridgehead atoms. The van der Waals surface area contributed by atoms with Crippen LogP contribution in [-0.2, 0) is 33.7 Å². The van der Waals surface area contributed by atoms with Crippen molar-refractivity contribution in [1.29, 1.82) is 0 Å². The predicted molar refractivity (Wildman–Crippen MR) is 262 cm³/mol. The quantitative estimate of drug-likeness (QED) is 0.105. The van der Waals surface area contributed by atoms with E-state index in [0.29, 0.717) is 0 Å². The second-order valence-corrected chi connectivity index (χ2v) is 21.8. The molecule has 0 amide bonds. The van der Waals surface area contributed by atoms with E-state index < -0.39 is 20.8 Å². The third kappa shape index (κ3) is 11.4. The van der Waals surface area contributed by atoms with Gasteiger partial charge in [-0.15, -0.1) is 44.8 Å². The molecular weight excluding hydrogens is 863 g/mol. The Morgan fingerprint density at radius 1 is 0.450 bits per heavy atom. The molecule has 0 aromatic heterocycles. The van der Waals surface area contributed by atoms with E-state index in [2.05, 4.69) is 186 Å². The zero-order valence-corrected chi connectivity index (χ0v) is 41.0. The van der Waals surface area contributed by atoms with Crippen molar-refractivity contribution < 1.29 is 20.8 Å². The van der Waals surface area contributed by atoms with Gasteiger partial charge in [0.15, 0.2) is 0 Å². The first-order valence-corrected chi connectivity index (χ1v) is 29.8. The molecule has 8 aromatic carbocycles. The van der Waals surface area contributed by atoms with Crippen LogP contribution in [0.1, 0.15) is 59.1 Å². The van der Waals surface area contributed by atoms with Gasteiger partial charge in [-0.25, -0.2) is 0 Å². The standard InChI is InChI=1S/2C27H25.C2H6Si.2ClH.Zr/c2*1-18-3-9-22(10-4-18)24-13-14-25(23-11-5-19(2)6-12-23)27-17-21(16-26(24)27)15-20-7-8-20;1-3-2;;;/h2*3-6,9-14,16-17,20H,7-8,15H2,1-2H3;1-2H3;2*1H;/q2*-1;;;;+4/p-2. The molecule has 0 saturated heterocycles. The summed E-state index contributed by atoms with van der Waals surface area (Å²) in [5.74, 6) is 1.82. The van der Waals surface area contributed by atoms with Crippen LogP contribution in [0.5, 0.6) is 0 Å². The Morgan fingerprint density at radius 2 is 0.700 bits per heavy atom. The van der Waals surface area contributed by atoms with Crippen LogP contribution in [0.15, 0.2) is 146 Å². The van der Waals surface area contributed by atoms with Crippen molar-refractivity contribution in [3.05, 3.63) is 179 Å². The summed E-state index contributed by atoms with van der Waals surface area (Å²) in [5, 5.41) is 5.58. The first-order valence-electron chi connectivity index (χ1n) is 21.5. The van der Waals surface area contributed by atoms with Gasteiger partial charge in [-0.05, 0) is 89.2 Å². The molecule has 302 valence electrons. The van der Waals surface area contributed by atoms with Crippen molar-refractivity contribution in [2.45, 2.75) is 79.3 Å². The fraction of sp³-hybridized carbons (Fsp3) is 0.250. The van der Waals surface area contributed by atoms with Crippen molar-refractivity contribution in [3.8, 4) is 44.5 Å². The predicted octanol–water partition coefficient (Wildman–Crippen LogP) is 17.1. The van der Waals surface area contributed by atoms with Gasteiger partial charge in [-0.3, -0.25) is 0 Å². The second kappa shape index (κ2) is 20.9. The Bertz CT molecular complexity index is 2250. The molecule has 0 aliphatic heterocycles. The van der Waals surface area contributed by atoms with Crippen molar-refractivity contribution in [2.75, 3.05) is 0 Å². The summed E-state index contributed by atoms with van der Waals surface area (Å²) in [7, 11) is 11.0. The molecule has 0 N–H and O–H groups in total. The molecule has 2 fully saturated rings. The van der Waals surface area contributed by atoms with Crippen LogP contribution in [0.3, 0.4) is 0 Å². The van der Waals surface area contributed by atoms with E-state index in [-0.39, 0.29) is 0 Å². The number of hydrogen-bond donors (Lipinski definition) is 0. The number of benzene rings is 6. The molecule has 0 nitrogen and oxygen atoms in total. The number of hydrogen-bond acceptors (Lipinski definition) is 0. The SMILES string of the molecule is C[Si]C.Cc1ccc(-c2ccc(-c3ccc(C)cc3)c3[cH-]c(CC4CC4)cc23)cc1.Cc1ccc(-c2ccc(-c3ccc(C)cc3)c3[cH-]c(CC4CC4)cc23)cc1.[Cl][Zr+2][Cl]. The van der Waals surface area contributed by atoms with Crippen molar-refractivity contribution >= 4 is 48.1 Å². The van der Waals surface area contributed by atoms with Gasteiger partial charge in [0.1, 0.15) is 0 Å². The van der Waals surface area contributed by atoms with Gasteiger partial charge >= 0.3 is 37.9 Å². The zero-order valence-electron chi connectivity index (χ0n) is 36.0. The molecule has 60 heavy (non-hydrogen) atoms. The molecule has 0 spiro atoms.